The summed E-state index contributed by atoms with van der Waals surface area (Å²) in [6.45, 7) is 1.60. The lowest BCUT2D eigenvalue weighted by Gasteiger charge is -2.08. The van der Waals surface area contributed by atoms with Gasteiger partial charge in [-0.3, -0.25) is 14.8 Å². The van der Waals surface area contributed by atoms with Gasteiger partial charge in [-0.25, -0.2) is 4.79 Å². The molecule has 1 heterocycles. The second-order valence-electron chi connectivity index (χ2n) is 4.51. The van der Waals surface area contributed by atoms with Gasteiger partial charge in [0.2, 0.25) is 0 Å². The highest BCUT2D eigenvalue weighted by Gasteiger charge is 2.18. The van der Waals surface area contributed by atoms with Crippen molar-refractivity contribution in [2.75, 3.05) is 0 Å². The molecule has 2 rings (SSSR count). The van der Waals surface area contributed by atoms with Crippen LogP contribution in [0.4, 0.5) is 5.69 Å². The fourth-order valence-corrected chi connectivity index (χ4v) is 1.91. The number of nitrogens with zero attached hydrogens (tertiary/aromatic N) is 4. The molecule has 0 saturated heterocycles. The van der Waals surface area contributed by atoms with Crippen LogP contribution in [0.5, 0.6) is 0 Å². The number of nitro benzene ring substituents is 1. The smallest absolute Gasteiger partial charge is 0.359 e. The van der Waals surface area contributed by atoms with Gasteiger partial charge >= 0.3 is 5.97 Å². The first-order valence-electron chi connectivity index (χ1n) is 6.37. The molecule has 0 aliphatic rings. The van der Waals surface area contributed by atoms with Gasteiger partial charge in [0.25, 0.3) is 5.69 Å². The topological polar surface area (TPSA) is 126 Å². The summed E-state index contributed by atoms with van der Waals surface area (Å²) in [5, 5.41) is 18.1. The highest BCUT2D eigenvalue weighted by atomic mass is 79.9. The minimum atomic E-state index is -0.685. The summed E-state index contributed by atoms with van der Waals surface area (Å²) in [7, 11) is 0. The number of nitrogens with two attached hydrogens (primary N) is 1. The van der Waals surface area contributed by atoms with E-state index in [1.54, 1.807) is 13.1 Å². The van der Waals surface area contributed by atoms with Crippen LogP contribution in [0.1, 0.15) is 18.5 Å². The maximum absolute atomic E-state index is 11.9. The SMILES string of the molecule is CC(C(=O)O/N=C(\N)c1ccc([N+](=O)[O-])cc1)n1cc(Br)cn1. The summed E-state index contributed by atoms with van der Waals surface area (Å²) in [5.74, 6) is -0.715. The monoisotopic (exact) mass is 381 g/mol. The van der Waals surface area contributed by atoms with Crippen LogP contribution in [-0.2, 0) is 9.63 Å². The number of rotatable bonds is 5. The van der Waals surface area contributed by atoms with Crippen molar-refractivity contribution >= 4 is 33.4 Å². The van der Waals surface area contributed by atoms with Gasteiger partial charge < -0.3 is 10.6 Å². The number of benzene rings is 1. The zero-order chi connectivity index (χ0) is 17.0. The molecule has 1 aromatic heterocycles. The summed E-state index contributed by atoms with van der Waals surface area (Å²) in [6.07, 6.45) is 3.16. The van der Waals surface area contributed by atoms with Crippen molar-refractivity contribution in [1.82, 2.24) is 9.78 Å². The molecule has 2 aromatic rings. The molecule has 0 saturated carbocycles. The normalized spacial score (nSPS) is 12.7. The molecule has 0 aliphatic carbocycles. The predicted octanol–water partition coefficient (Wildman–Crippen LogP) is 1.98. The van der Waals surface area contributed by atoms with E-state index in [0.29, 0.717) is 5.56 Å². The molecule has 1 atom stereocenters. The second kappa shape index (κ2) is 7.01. The Kier molecular flexibility index (Phi) is 5.06. The minimum Gasteiger partial charge on any atom is -0.380 e. The minimum absolute atomic E-state index is 0.0675. The van der Waals surface area contributed by atoms with Gasteiger partial charge in [0.15, 0.2) is 5.84 Å². The summed E-state index contributed by atoms with van der Waals surface area (Å²) in [4.78, 5) is 26.7. The first-order chi connectivity index (χ1) is 10.9. The Morgan fingerprint density at radius 2 is 2.13 bits per heavy atom. The second-order valence-corrected chi connectivity index (χ2v) is 5.42. The third-order valence-corrected chi connectivity index (χ3v) is 3.33. The molecule has 1 aromatic carbocycles. The lowest BCUT2D eigenvalue weighted by molar-refractivity contribution is -0.384. The number of carbonyl (C=O) groups is 1. The Hall–Kier alpha value is -2.75. The van der Waals surface area contributed by atoms with Gasteiger partial charge in [0, 0.05) is 23.9 Å². The zero-order valence-corrected chi connectivity index (χ0v) is 13.5. The lowest BCUT2D eigenvalue weighted by atomic mass is 10.2. The van der Waals surface area contributed by atoms with Crippen LogP contribution in [0.25, 0.3) is 0 Å². The Balaban J connectivity index is 2.03. The molecule has 23 heavy (non-hydrogen) atoms. The molecular formula is C13H12BrN5O4. The van der Waals surface area contributed by atoms with Crippen molar-refractivity contribution in [3.8, 4) is 0 Å². The highest BCUT2D eigenvalue weighted by molar-refractivity contribution is 9.10. The van der Waals surface area contributed by atoms with Crippen molar-refractivity contribution in [2.24, 2.45) is 10.9 Å². The van der Waals surface area contributed by atoms with E-state index < -0.39 is 16.9 Å². The van der Waals surface area contributed by atoms with Crippen molar-refractivity contribution in [3.63, 3.8) is 0 Å². The number of halogens is 1. The van der Waals surface area contributed by atoms with Crippen LogP contribution in [0.15, 0.2) is 46.3 Å². The Morgan fingerprint density at radius 1 is 1.48 bits per heavy atom. The molecule has 0 amide bonds. The predicted molar refractivity (Wildman–Crippen MR) is 84.6 cm³/mol. The third kappa shape index (κ3) is 4.13. The standard InChI is InChI=1S/C13H12BrN5O4/c1-8(18-7-10(14)6-16-18)13(20)23-17-12(15)9-2-4-11(5-3-9)19(21)22/h2-8H,1H3,(H2,15,17). The number of hydrogen-bond donors (Lipinski definition) is 1. The van der Waals surface area contributed by atoms with Crippen molar-refractivity contribution in [1.29, 1.82) is 0 Å². The van der Waals surface area contributed by atoms with Crippen LogP contribution in [0.2, 0.25) is 0 Å². The first kappa shape index (κ1) is 16.6. The van der Waals surface area contributed by atoms with Crippen LogP contribution in [0, 0.1) is 10.1 Å². The zero-order valence-electron chi connectivity index (χ0n) is 11.9. The molecule has 1 unspecified atom stereocenters. The number of aromatic nitrogens is 2. The molecule has 0 bridgehead atoms. The van der Waals surface area contributed by atoms with Crippen LogP contribution >= 0.6 is 15.9 Å². The van der Waals surface area contributed by atoms with Gasteiger partial charge in [-0.1, -0.05) is 5.16 Å². The fraction of sp³-hybridized carbons (Fsp3) is 0.154. The van der Waals surface area contributed by atoms with E-state index in [4.69, 9.17) is 10.6 Å². The fourth-order valence-electron chi connectivity index (χ4n) is 1.61. The molecule has 10 heteroatoms. The summed E-state index contributed by atoms with van der Waals surface area (Å²) in [6, 6.07) is 4.71. The first-order valence-corrected chi connectivity index (χ1v) is 7.16. The van der Waals surface area contributed by atoms with Crippen LogP contribution < -0.4 is 5.73 Å². The van der Waals surface area contributed by atoms with Crippen molar-refractivity contribution < 1.29 is 14.6 Å². The third-order valence-electron chi connectivity index (χ3n) is 2.92. The van der Waals surface area contributed by atoms with Gasteiger partial charge in [-0.05, 0) is 35.0 Å². The molecular weight excluding hydrogens is 370 g/mol. The Bertz CT molecular complexity index is 756. The van der Waals surface area contributed by atoms with E-state index in [2.05, 4.69) is 26.2 Å². The average Bonchev–Trinajstić information content (AvgIpc) is 2.98. The van der Waals surface area contributed by atoms with Crippen LogP contribution in [-0.4, -0.2) is 26.5 Å². The molecule has 0 aliphatic heterocycles. The summed E-state index contributed by atoms with van der Waals surface area (Å²) >= 11 is 3.23. The van der Waals surface area contributed by atoms with Gasteiger partial charge in [0.1, 0.15) is 6.04 Å². The molecule has 2 N–H and O–H groups in total. The Morgan fingerprint density at radius 3 is 2.65 bits per heavy atom. The highest BCUT2D eigenvalue weighted by Crippen LogP contribution is 2.14. The van der Waals surface area contributed by atoms with Gasteiger partial charge in [0.05, 0.1) is 15.6 Å². The summed E-state index contributed by atoms with van der Waals surface area (Å²) in [5.41, 5.74) is 6.01. The van der Waals surface area contributed by atoms with Gasteiger partial charge in [-0.15, -0.1) is 0 Å². The van der Waals surface area contributed by atoms with E-state index in [-0.39, 0.29) is 11.5 Å². The van der Waals surface area contributed by atoms with E-state index >= 15 is 0 Å². The van der Waals surface area contributed by atoms with Crippen molar-refractivity contribution in [3.05, 3.63) is 56.8 Å². The largest absolute Gasteiger partial charge is 0.380 e. The molecule has 0 fully saturated rings. The number of nitro groups is 1. The van der Waals surface area contributed by atoms with Gasteiger partial charge in [-0.2, -0.15) is 5.10 Å². The molecule has 0 radical (unpaired) electrons. The number of carbonyl (C=O) groups excluding carboxylic acids is 1. The Labute approximate surface area is 139 Å². The number of oxime groups is 1. The summed E-state index contributed by atoms with van der Waals surface area (Å²) < 4.78 is 2.13. The van der Waals surface area contributed by atoms with E-state index in [1.807, 2.05) is 0 Å². The molecule has 120 valence electrons. The molecule has 9 nitrogen and oxygen atoms in total. The van der Waals surface area contributed by atoms with Crippen LogP contribution in [0.3, 0.4) is 0 Å². The van der Waals surface area contributed by atoms with E-state index in [9.17, 15) is 14.9 Å². The average molecular weight is 382 g/mol. The van der Waals surface area contributed by atoms with E-state index in [1.165, 1.54) is 35.1 Å². The van der Waals surface area contributed by atoms with E-state index in [0.717, 1.165) is 4.47 Å². The number of hydrogen-bond acceptors (Lipinski definition) is 6. The lowest BCUT2D eigenvalue weighted by Crippen LogP contribution is -2.20. The molecule has 0 spiro atoms. The number of amidine groups is 1. The quantitative estimate of drug-likeness (QED) is 0.277. The number of non-ortho nitro benzene ring substituents is 1. The van der Waals surface area contributed by atoms with Crippen molar-refractivity contribution in [2.45, 2.75) is 13.0 Å². The maximum atomic E-state index is 11.9. The maximum Gasteiger partial charge on any atom is 0.359 e.